The minimum Gasteiger partial charge on any atom is -0.496 e. The van der Waals surface area contributed by atoms with Crippen molar-refractivity contribution in [1.29, 1.82) is 0 Å². The first kappa shape index (κ1) is 21.0. The summed E-state index contributed by atoms with van der Waals surface area (Å²) in [5, 5.41) is 8.50. The number of ether oxygens (including phenoxy) is 3. The van der Waals surface area contributed by atoms with Gasteiger partial charge in [-0.15, -0.1) is 0 Å². The highest BCUT2D eigenvalue weighted by molar-refractivity contribution is 5.97. The lowest BCUT2D eigenvalue weighted by Crippen LogP contribution is -2.41. The van der Waals surface area contributed by atoms with Crippen LogP contribution >= 0.6 is 0 Å². The second-order valence-corrected chi connectivity index (χ2v) is 8.36. The zero-order valence-corrected chi connectivity index (χ0v) is 17.7. The Hall–Kier alpha value is -2.77. The summed E-state index contributed by atoms with van der Waals surface area (Å²) < 4.78 is 17.4. The van der Waals surface area contributed by atoms with E-state index in [-0.39, 0.29) is 18.2 Å². The third-order valence-corrected chi connectivity index (χ3v) is 5.04. The Balaban J connectivity index is 1.68. The Kier molecular flexibility index (Phi) is 6.00. The molecule has 8 nitrogen and oxygen atoms in total. The predicted octanol–water partition coefficient (Wildman–Crippen LogP) is 3.84. The Morgan fingerprint density at radius 3 is 2.41 bits per heavy atom. The van der Waals surface area contributed by atoms with Crippen LogP contribution in [0.25, 0.3) is 10.9 Å². The van der Waals surface area contributed by atoms with Gasteiger partial charge in [0.25, 0.3) is 0 Å². The topological polar surface area (TPSA) is 91.7 Å². The Morgan fingerprint density at radius 1 is 1.14 bits per heavy atom. The fraction of sp³-hybridized carbons (Fsp3) is 0.571. The summed E-state index contributed by atoms with van der Waals surface area (Å²) in [5.74, 6) is 0.00472. The highest BCUT2D eigenvalue weighted by atomic mass is 16.6. The molecule has 1 saturated carbocycles. The minimum atomic E-state index is -0.499. The molecular weight excluding hydrogens is 374 g/mol. The van der Waals surface area contributed by atoms with E-state index in [9.17, 15) is 9.59 Å². The summed E-state index contributed by atoms with van der Waals surface area (Å²) in [5.41, 5.74) is 0.649. The zero-order chi connectivity index (χ0) is 21.2. The van der Waals surface area contributed by atoms with Crippen LogP contribution in [0.2, 0.25) is 0 Å². The molecule has 0 saturated heterocycles. The molecule has 1 aromatic carbocycles. The number of nitrogens with zero attached hydrogens (tertiary/aromatic N) is 2. The molecule has 29 heavy (non-hydrogen) atoms. The lowest BCUT2D eigenvalue weighted by Gasteiger charge is -2.30. The molecule has 8 heteroatoms. The SMILES string of the molecule is COC(=O)c1cc2cn([C@H]3CC[C@H](NC(=O)OC(C)(C)C)CC3)nc2cc1OC. The number of hydrogen-bond acceptors (Lipinski definition) is 6. The van der Waals surface area contributed by atoms with E-state index in [1.165, 1.54) is 14.2 Å². The van der Waals surface area contributed by atoms with Gasteiger partial charge in [0, 0.05) is 23.7 Å². The second-order valence-electron chi connectivity index (χ2n) is 8.36. The van der Waals surface area contributed by atoms with Crippen molar-refractivity contribution in [3.05, 3.63) is 23.9 Å². The van der Waals surface area contributed by atoms with Gasteiger partial charge in [0.2, 0.25) is 0 Å². The summed E-state index contributed by atoms with van der Waals surface area (Å²) in [4.78, 5) is 23.9. The molecule has 1 fully saturated rings. The molecule has 0 unspecified atom stereocenters. The van der Waals surface area contributed by atoms with E-state index < -0.39 is 11.6 Å². The number of methoxy groups -OCH3 is 2. The third-order valence-electron chi connectivity index (χ3n) is 5.04. The van der Waals surface area contributed by atoms with Crippen molar-refractivity contribution >= 4 is 23.0 Å². The average molecular weight is 403 g/mol. The first-order chi connectivity index (χ1) is 13.7. The molecule has 158 valence electrons. The van der Waals surface area contributed by atoms with Gasteiger partial charge in [-0.25, -0.2) is 9.59 Å². The van der Waals surface area contributed by atoms with Crippen molar-refractivity contribution in [2.75, 3.05) is 14.2 Å². The number of fused-ring (bicyclic) bond motifs is 1. The summed E-state index contributed by atoms with van der Waals surface area (Å²) in [6, 6.07) is 3.86. The van der Waals surface area contributed by atoms with Crippen molar-refractivity contribution in [3.63, 3.8) is 0 Å². The molecule has 0 atom stereocenters. The number of rotatable bonds is 4. The number of alkyl carbamates (subject to hydrolysis) is 1. The largest absolute Gasteiger partial charge is 0.496 e. The molecule has 0 spiro atoms. The minimum absolute atomic E-state index is 0.108. The van der Waals surface area contributed by atoms with Crippen molar-refractivity contribution < 1.29 is 23.8 Å². The summed E-state index contributed by atoms with van der Waals surface area (Å²) >= 11 is 0. The summed E-state index contributed by atoms with van der Waals surface area (Å²) in [6.07, 6.45) is 5.10. The maximum atomic E-state index is 12.0. The number of benzene rings is 1. The molecule has 1 aliphatic carbocycles. The number of aromatic nitrogens is 2. The van der Waals surface area contributed by atoms with Crippen LogP contribution in [-0.2, 0) is 9.47 Å². The first-order valence-corrected chi connectivity index (χ1v) is 9.85. The van der Waals surface area contributed by atoms with Gasteiger partial charge in [-0.3, -0.25) is 4.68 Å². The number of hydrogen-bond donors (Lipinski definition) is 1. The van der Waals surface area contributed by atoms with Crippen LogP contribution in [0.15, 0.2) is 18.3 Å². The number of carbonyl (C=O) groups is 2. The van der Waals surface area contributed by atoms with E-state index in [1.54, 1.807) is 12.1 Å². The van der Waals surface area contributed by atoms with Crippen LogP contribution in [0, 0.1) is 0 Å². The number of nitrogens with one attached hydrogen (secondary N) is 1. The van der Waals surface area contributed by atoms with Gasteiger partial charge in [-0.2, -0.15) is 5.10 Å². The first-order valence-electron chi connectivity index (χ1n) is 9.85. The maximum Gasteiger partial charge on any atom is 0.407 e. The quantitative estimate of drug-likeness (QED) is 0.780. The third kappa shape index (κ3) is 4.99. The molecule has 0 bridgehead atoms. The van der Waals surface area contributed by atoms with Gasteiger partial charge in [-0.05, 0) is 52.5 Å². The van der Waals surface area contributed by atoms with Crippen LogP contribution in [0.1, 0.15) is 62.9 Å². The van der Waals surface area contributed by atoms with E-state index in [0.717, 1.165) is 36.6 Å². The standard InChI is InChI=1S/C21H29N3O5/c1-21(2,3)29-20(26)22-14-6-8-15(9-7-14)24-12-13-10-16(19(25)28-5)18(27-4)11-17(13)23-24/h10-12,14-15H,6-9H2,1-5H3,(H,22,26)/t14-,15-. The normalized spacial score (nSPS) is 19.6. The van der Waals surface area contributed by atoms with Gasteiger partial charge in [-0.1, -0.05) is 0 Å². The van der Waals surface area contributed by atoms with Crippen LogP contribution in [0.4, 0.5) is 4.79 Å². The molecule has 0 aliphatic heterocycles. The molecule has 0 radical (unpaired) electrons. The number of esters is 1. The van der Waals surface area contributed by atoms with Gasteiger partial charge in [0.05, 0.1) is 25.8 Å². The van der Waals surface area contributed by atoms with Gasteiger partial charge in [0.1, 0.15) is 16.9 Å². The average Bonchev–Trinajstić information content (AvgIpc) is 3.08. The predicted molar refractivity (Wildman–Crippen MR) is 108 cm³/mol. The molecule has 1 aromatic heterocycles. The summed E-state index contributed by atoms with van der Waals surface area (Å²) in [7, 11) is 2.86. The molecule has 3 rings (SSSR count). The molecule has 2 aromatic rings. The number of carbonyl (C=O) groups excluding carboxylic acids is 2. The zero-order valence-electron chi connectivity index (χ0n) is 17.7. The maximum absolute atomic E-state index is 12.0. The fourth-order valence-electron chi connectivity index (χ4n) is 3.66. The van der Waals surface area contributed by atoms with E-state index in [4.69, 9.17) is 14.2 Å². The van der Waals surface area contributed by atoms with Crippen molar-refractivity contribution in [3.8, 4) is 5.75 Å². The van der Waals surface area contributed by atoms with Crippen LogP contribution in [-0.4, -0.2) is 47.7 Å². The van der Waals surface area contributed by atoms with Crippen LogP contribution in [0.3, 0.4) is 0 Å². The summed E-state index contributed by atoms with van der Waals surface area (Å²) in [6.45, 7) is 5.56. The molecular formula is C21H29N3O5. The second kappa shape index (κ2) is 8.31. The van der Waals surface area contributed by atoms with Gasteiger partial charge >= 0.3 is 12.1 Å². The Labute approximate surface area is 170 Å². The van der Waals surface area contributed by atoms with E-state index in [0.29, 0.717) is 11.3 Å². The van der Waals surface area contributed by atoms with Gasteiger partial charge < -0.3 is 19.5 Å². The van der Waals surface area contributed by atoms with E-state index >= 15 is 0 Å². The Bertz CT molecular complexity index is 892. The van der Waals surface area contributed by atoms with Crippen LogP contribution in [0.5, 0.6) is 5.75 Å². The molecule has 1 heterocycles. The molecule has 1 aliphatic rings. The smallest absolute Gasteiger partial charge is 0.407 e. The van der Waals surface area contributed by atoms with Gasteiger partial charge in [0.15, 0.2) is 0 Å². The van der Waals surface area contributed by atoms with Crippen molar-refractivity contribution in [2.45, 2.75) is 64.1 Å². The van der Waals surface area contributed by atoms with Crippen LogP contribution < -0.4 is 10.1 Å². The molecule has 1 amide bonds. The highest BCUT2D eigenvalue weighted by Gasteiger charge is 2.26. The molecule has 1 N–H and O–H groups in total. The van der Waals surface area contributed by atoms with Crippen molar-refractivity contribution in [1.82, 2.24) is 15.1 Å². The number of amides is 1. The highest BCUT2D eigenvalue weighted by Crippen LogP contribution is 2.31. The van der Waals surface area contributed by atoms with E-state index in [2.05, 4.69) is 10.4 Å². The monoisotopic (exact) mass is 403 g/mol. The fourth-order valence-corrected chi connectivity index (χ4v) is 3.66. The lowest BCUT2D eigenvalue weighted by atomic mass is 9.91. The van der Waals surface area contributed by atoms with E-state index in [1.807, 2.05) is 31.6 Å². The van der Waals surface area contributed by atoms with Crippen molar-refractivity contribution in [2.24, 2.45) is 0 Å². The Morgan fingerprint density at radius 2 is 1.83 bits per heavy atom. The lowest BCUT2D eigenvalue weighted by molar-refractivity contribution is 0.0486.